The maximum absolute atomic E-state index is 13.1. The van der Waals surface area contributed by atoms with Gasteiger partial charge in [0.1, 0.15) is 11.8 Å². The number of phenols is 1. The third kappa shape index (κ3) is 6.04. The molecule has 0 aromatic heterocycles. The molecular weight excluding hydrogens is 602 g/mol. The molecule has 4 heterocycles. The highest BCUT2D eigenvalue weighted by Gasteiger charge is 2.39. The molecule has 3 saturated heterocycles. The molecule has 250 valence electrons. The van der Waals surface area contributed by atoms with Crippen LogP contribution in [0.4, 0.5) is 11.4 Å². The number of hydrogen-bond donors (Lipinski definition) is 2. The number of nitrogens with one attached hydrogen (secondary N) is 1. The molecule has 0 unspecified atom stereocenters. The number of piperazine rings is 1. The van der Waals surface area contributed by atoms with Crippen molar-refractivity contribution in [2.75, 3.05) is 55.6 Å². The summed E-state index contributed by atoms with van der Waals surface area (Å²) in [5.41, 5.74) is 8.13. The molecule has 0 bridgehead atoms. The van der Waals surface area contributed by atoms with E-state index in [0.717, 1.165) is 76.3 Å². The number of nitrogens with zero attached hydrogens (tertiary/aromatic N) is 4. The molecule has 5 aliphatic rings. The van der Waals surface area contributed by atoms with E-state index in [4.69, 9.17) is 0 Å². The number of carbonyl (C=O) groups is 3. The number of anilines is 2. The predicted octanol–water partition coefficient (Wildman–Crippen LogP) is 4.66. The minimum Gasteiger partial charge on any atom is -0.508 e. The fraction of sp³-hybridized carbons (Fsp3) is 0.462. The van der Waals surface area contributed by atoms with Gasteiger partial charge >= 0.3 is 0 Å². The number of benzene rings is 3. The highest BCUT2D eigenvalue weighted by molar-refractivity contribution is 6.05. The lowest BCUT2D eigenvalue weighted by atomic mass is 9.79. The van der Waals surface area contributed by atoms with Gasteiger partial charge in [-0.05, 0) is 109 Å². The zero-order chi connectivity index (χ0) is 32.8. The fourth-order valence-electron chi connectivity index (χ4n) is 8.75. The molecule has 2 N–H and O–H groups in total. The number of phenolic OH excluding ortho intramolecular Hbond substituents is 1. The number of hydrogen-bond acceptors (Lipinski definition) is 7. The summed E-state index contributed by atoms with van der Waals surface area (Å²) >= 11 is 0. The van der Waals surface area contributed by atoms with Gasteiger partial charge in [0.05, 0.1) is 0 Å². The van der Waals surface area contributed by atoms with Crippen LogP contribution >= 0.6 is 0 Å². The molecule has 1 aliphatic carbocycles. The average Bonchev–Trinajstić information content (AvgIpc) is 3.43. The van der Waals surface area contributed by atoms with E-state index in [1.54, 1.807) is 4.90 Å². The Labute approximate surface area is 282 Å². The minimum absolute atomic E-state index is 0.118. The van der Waals surface area contributed by atoms with E-state index in [2.05, 4.69) is 56.4 Å². The summed E-state index contributed by atoms with van der Waals surface area (Å²) < 4.78 is 0. The second-order valence-corrected chi connectivity index (χ2v) is 14.4. The SMILES string of the molecule is O=C1CC[C@H](N2Cc3cc(N4CCN(CC5CCN(c6ccc([C@H]7CCCc8cc(O)ccc87)cc6)CC5)CC4)ccc3C2=O)C(=O)N1. The molecule has 0 radical (unpaired) electrons. The van der Waals surface area contributed by atoms with Crippen molar-refractivity contribution < 1.29 is 19.5 Å². The number of imide groups is 1. The third-order valence-corrected chi connectivity index (χ3v) is 11.5. The summed E-state index contributed by atoms with van der Waals surface area (Å²) in [5.74, 6) is 0.746. The zero-order valence-electron chi connectivity index (χ0n) is 27.6. The van der Waals surface area contributed by atoms with Gasteiger partial charge in [0, 0.05) is 81.6 Å². The van der Waals surface area contributed by atoms with Crippen molar-refractivity contribution in [2.24, 2.45) is 5.92 Å². The molecule has 3 aromatic rings. The highest BCUT2D eigenvalue weighted by atomic mass is 16.3. The van der Waals surface area contributed by atoms with Gasteiger partial charge in [-0.3, -0.25) is 24.6 Å². The summed E-state index contributed by atoms with van der Waals surface area (Å²) in [7, 11) is 0. The van der Waals surface area contributed by atoms with Crippen molar-refractivity contribution in [3.63, 3.8) is 0 Å². The number of carbonyl (C=O) groups excluding carboxylic acids is 3. The van der Waals surface area contributed by atoms with E-state index in [-0.39, 0.29) is 24.1 Å². The number of aryl methyl sites for hydroxylation is 1. The lowest BCUT2D eigenvalue weighted by Gasteiger charge is -2.40. The summed E-state index contributed by atoms with van der Waals surface area (Å²) in [5, 5.41) is 12.3. The summed E-state index contributed by atoms with van der Waals surface area (Å²) in [6.07, 6.45) is 6.45. The summed E-state index contributed by atoms with van der Waals surface area (Å²) in [6, 6.07) is 20.6. The van der Waals surface area contributed by atoms with Crippen LogP contribution in [0.15, 0.2) is 60.7 Å². The standard InChI is InChI=1S/C39H45N5O4/c45-32-9-11-34-28(23-32)2-1-3-33(34)27-4-6-30(7-5-27)42-16-14-26(15-17-42)24-41-18-20-43(21-19-41)31-8-10-35-29(22-31)25-44(39(35)48)36-12-13-37(46)40-38(36)47/h4-11,22-23,26,33,36,45H,1-3,12-21,24-25H2,(H,40,46,47)/t33-,36+/m1/s1. The van der Waals surface area contributed by atoms with Crippen molar-refractivity contribution in [1.82, 2.24) is 15.1 Å². The van der Waals surface area contributed by atoms with Crippen LogP contribution in [-0.2, 0) is 22.6 Å². The van der Waals surface area contributed by atoms with Gasteiger partial charge in [-0.1, -0.05) is 18.2 Å². The van der Waals surface area contributed by atoms with Crippen LogP contribution in [0, 0.1) is 5.92 Å². The van der Waals surface area contributed by atoms with E-state index >= 15 is 0 Å². The van der Waals surface area contributed by atoms with Crippen LogP contribution in [0.1, 0.15) is 77.1 Å². The molecule has 0 spiro atoms. The van der Waals surface area contributed by atoms with Crippen molar-refractivity contribution in [3.8, 4) is 5.75 Å². The topological polar surface area (TPSA) is 96.4 Å². The molecule has 9 nitrogen and oxygen atoms in total. The van der Waals surface area contributed by atoms with Crippen LogP contribution in [0.25, 0.3) is 0 Å². The lowest BCUT2D eigenvalue weighted by Crippen LogP contribution is -2.52. The van der Waals surface area contributed by atoms with Crippen molar-refractivity contribution in [3.05, 3.63) is 88.5 Å². The number of rotatable bonds is 6. The van der Waals surface area contributed by atoms with Gasteiger partial charge in [-0.2, -0.15) is 0 Å². The largest absolute Gasteiger partial charge is 0.508 e. The van der Waals surface area contributed by atoms with Crippen molar-refractivity contribution in [2.45, 2.75) is 63.5 Å². The van der Waals surface area contributed by atoms with Gasteiger partial charge in [-0.15, -0.1) is 0 Å². The Balaban J connectivity index is 0.810. The second-order valence-electron chi connectivity index (χ2n) is 14.4. The first-order valence-corrected chi connectivity index (χ1v) is 17.8. The Morgan fingerprint density at radius 1 is 0.729 bits per heavy atom. The first-order valence-electron chi connectivity index (χ1n) is 17.8. The van der Waals surface area contributed by atoms with E-state index < -0.39 is 6.04 Å². The first-order chi connectivity index (χ1) is 23.4. The summed E-state index contributed by atoms with van der Waals surface area (Å²) in [4.78, 5) is 46.3. The Morgan fingerprint density at radius 2 is 1.48 bits per heavy atom. The van der Waals surface area contributed by atoms with Gasteiger partial charge in [0.15, 0.2) is 0 Å². The number of piperidine rings is 2. The molecule has 9 heteroatoms. The van der Waals surface area contributed by atoms with Gasteiger partial charge < -0.3 is 19.8 Å². The smallest absolute Gasteiger partial charge is 0.255 e. The molecule has 2 atom stereocenters. The molecule has 8 rings (SSSR count). The number of amides is 3. The maximum Gasteiger partial charge on any atom is 0.255 e. The first kappa shape index (κ1) is 30.9. The maximum atomic E-state index is 13.1. The molecule has 4 aliphatic heterocycles. The van der Waals surface area contributed by atoms with Gasteiger partial charge in [0.25, 0.3) is 5.91 Å². The fourth-order valence-corrected chi connectivity index (χ4v) is 8.75. The van der Waals surface area contributed by atoms with E-state index in [1.807, 2.05) is 24.3 Å². The second kappa shape index (κ2) is 12.9. The monoisotopic (exact) mass is 647 g/mol. The predicted molar refractivity (Wildman–Crippen MR) is 185 cm³/mol. The average molecular weight is 648 g/mol. The number of fused-ring (bicyclic) bond motifs is 2. The van der Waals surface area contributed by atoms with Crippen LogP contribution in [0.2, 0.25) is 0 Å². The zero-order valence-corrected chi connectivity index (χ0v) is 27.6. The Morgan fingerprint density at radius 3 is 2.25 bits per heavy atom. The Hall–Kier alpha value is -4.37. The van der Waals surface area contributed by atoms with E-state index in [9.17, 15) is 19.5 Å². The van der Waals surface area contributed by atoms with Crippen molar-refractivity contribution in [1.29, 1.82) is 0 Å². The minimum atomic E-state index is -0.579. The van der Waals surface area contributed by atoms with Crippen molar-refractivity contribution >= 4 is 29.1 Å². The van der Waals surface area contributed by atoms with Crippen LogP contribution < -0.4 is 15.1 Å². The molecule has 48 heavy (non-hydrogen) atoms. The summed E-state index contributed by atoms with van der Waals surface area (Å²) in [6.45, 7) is 7.74. The molecule has 3 amide bonds. The van der Waals surface area contributed by atoms with Crippen LogP contribution in [0.3, 0.4) is 0 Å². The van der Waals surface area contributed by atoms with Crippen LogP contribution in [0.5, 0.6) is 5.75 Å². The Kier molecular flexibility index (Phi) is 8.32. The van der Waals surface area contributed by atoms with E-state index in [0.29, 0.717) is 36.1 Å². The number of aromatic hydroxyl groups is 1. The Bertz CT molecular complexity index is 1710. The van der Waals surface area contributed by atoms with Crippen LogP contribution in [-0.4, -0.2) is 84.5 Å². The molecular formula is C39H45N5O4. The van der Waals surface area contributed by atoms with Gasteiger partial charge in [0.2, 0.25) is 11.8 Å². The normalized spacial score (nSPS) is 23.7. The third-order valence-electron chi connectivity index (χ3n) is 11.5. The highest BCUT2D eigenvalue weighted by Crippen LogP contribution is 2.39. The van der Waals surface area contributed by atoms with Gasteiger partial charge in [-0.25, -0.2) is 0 Å². The lowest BCUT2D eigenvalue weighted by molar-refractivity contribution is -0.136. The van der Waals surface area contributed by atoms with E-state index in [1.165, 1.54) is 35.2 Å². The quantitative estimate of drug-likeness (QED) is 0.376. The molecule has 3 fully saturated rings. The molecule has 0 saturated carbocycles. The molecule has 3 aromatic carbocycles.